The van der Waals surface area contributed by atoms with Gasteiger partial charge < -0.3 is 10.6 Å². The number of amides is 1. The Morgan fingerprint density at radius 3 is 2.53 bits per heavy atom. The van der Waals surface area contributed by atoms with Gasteiger partial charge in [0, 0.05) is 19.8 Å². The fourth-order valence-electron chi connectivity index (χ4n) is 1.54. The monoisotopic (exact) mass is 281 g/mol. The summed E-state index contributed by atoms with van der Waals surface area (Å²) in [4.78, 5) is 16.1. The van der Waals surface area contributed by atoms with Gasteiger partial charge in [0.2, 0.25) is 0 Å². The number of carbonyl (C=O) groups is 1. The van der Waals surface area contributed by atoms with Gasteiger partial charge in [0.15, 0.2) is 0 Å². The van der Waals surface area contributed by atoms with Crippen LogP contribution in [0.4, 0.5) is 11.5 Å². The predicted molar refractivity (Wildman–Crippen MR) is 76.9 cm³/mol. The number of nitrogens with zero attached hydrogens (tertiary/aromatic N) is 3. The Morgan fingerprint density at radius 2 is 2.05 bits per heavy atom. The summed E-state index contributed by atoms with van der Waals surface area (Å²) in [7, 11) is 3.59. The Bertz CT molecular complexity index is 564. The van der Waals surface area contributed by atoms with Crippen molar-refractivity contribution in [3.8, 4) is 0 Å². The first-order valence-electron chi connectivity index (χ1n) is 5.55. The lowest BCUT2D eigenvalue weighted by Gasteiger charge is -2.05. The van der Waals surface area contributed by atoms with Crippen molar-refractivity contribution in [1.29, 1.82) is 0 Å². The maximum absolute atomic E-state index is 12.0. The largest absolute Gasteiger partial charge is 0.373 e. The Balaban J connectivity index is 0.00000180. The van der Waals surface area contributed by atoms with E-state index in [4.69, 9.17) is 0 Å². The van der Waals surface area contributed by atoms with Crippen LogP contribution in [0.25, 0.3) is 0 Å². The van der Waals surface area contributed by atoms with Crippen LogP contribution < -0.4 is 10.6 Å². The number of rotatable bonds is 3. The molecule has 2 N–H and O–H groups in total. The Hall–Kier alpha value is -2.08. The minimum atomic E-state index is -0.181. The van der Waals surface area contributed by atoms with Crippen molar-refractivity contribution in [2.75, 3.05) is 17.7 Å². The van der Waals surface area contributed by atoms with Crippen molar-refractivity contribution < 1.29 is 4.79 Å². The molecule has 7 heteroatoms. The second-order valence-electron chi connectivity index (χ2n) is 3.90. The molecular weight excluding hydrogens is 266 g/mol. The van der Waals surface area contributed by atoms with E-state index in [2.05, 4.69) is 20.7 Å². The summed E-state index contributed by atoms with van der Waals surface area (Å²) < 4.78 is 1.66. The van der Waals surface area contributed by atoms with Gasteiger partial charge in [0.25, 0.3) is 5.91 Å². The van der Waals surface area contributed by atoms with Crippen molar-refractivity contribution in [3.05, 3.63) is 35.8 Å². The van der Waals surface area contributed by atoms with E-state index < -0.39 is 0 Å². The van der Waals surface area contributed by atoms with Crippen LogP contribution in [-0.2, 0) is 7.05 Å². The summed E-state index contributed by atoms with van der Waals surface area (Å²) >= 11 is 0. The third-order valence-electron chi connectivity index (χ3n) is 2.76. The molecule has 0 bridgehead atoms. The molecule has 0 fully saturated rings. The second-order valence-corrected chi connectivity index (χ2v) is 3.90. The summed E-state index contributed by atoms with van der Waals surface area (Å²) in [5.41, 5.74) is 2.05. The fourth-order valence-corrected chi connectivity index (χ4v) is 1.54. The highest BCUT2D eigenvalue weighted by Crippen LogP contribution is 2.12. The molecule has 0 saturated carbocycles. The topological polar surface area (TPSA) is 71.8 Å². The number of aromatic nitrogens is 3. The predicted octanol–water partition coefficient (Wildman–Crippen LogP) is 1.84. The lowest BCUT2D eigenvalue weighted by molar-refractivity contribution is 0.102. The second kappa shape index (κ2) is 6.19. The van der Waals surface area contributed by atoms with Gasteiger partial charge in [-0.2, -0.15) is 5.10 Å². The van der Waals surface area contributed by atoms with Crippen molar-refractivity contribution in [2.24, 2.45) is 7.05 Å². The van der Waals surface area contributed by atoms with Gasteiger partial charge in [-0.1, -0.05) is 0 Å². The highest BCUT2D eigenvalue weighted by molar-refractivity contribution is 6.04. The van der Waals surface area contributed by atoms with Gasteiger partial charge in [0.1, 0.15) is 5.82 Å². The van der Waals surface area contributed by atoms with Crippen LogP contribution in [0.2, 0.25) is 0 Å². The van der Waals surface area contributed by atoms with Gasteiger partial charge in [-0.15, -0.1) is 12.4 Å². The van der Waals surface area contributed by atoms with E-state index in [-0.39, 0.29) is 18.3 Å². The lowest BCUT2D eigenvalue weighted by Crippen LogP contribution is -2.13. The number of pyridine rings is 1. The van der Waals surface area contributed by atoms with Gasteiger partial charge in [-0.3, -0.25) is 9.48 Å². The van der Waals surface area contributed by atoms with Crippen molar-refractivity contribution >= 4 is 29.8 Å². The zero-order valence-electron chi connectivity index (χ0n) is 11.0. The molecule has 2 heterocycles. The Morgan fingerprint density at radius 1 is 1.32 bits per heavy atom. The van der Waals surface area contributed by atoms with Crippen LogP contribution in [0.5, 0.6) is 0 Å². The molecule has 0 spiro atoms. The molecule has 0 saturated heterocycles. The number of nitrogens with one attached hydrogen (secondary N) is 2. The SMILES string of the molecule is CNc1ccc(NC(=O)c2cnn(C)c2C)cn1.Cl. The average molecular weight is 282 g/mol. The molecule has 1 amide bonds. The summed E-state index contributed by atoms with van der Waals surface area (Å²) in [6.45, 7) is 1.85. The lowest BCUT2D eigenvalue weighted by atomic mass is 10.2. The fraction of sp³-hybridized carbons (Fsp3) is 0.250. The van der Waals surface area contributed by atoms with Crippen molar-refractivity contribution in [2.45, 2.75) is 6.92 Å². The van der Waals surface area contributed by atoms with E-state index in [1.54, 1.807) is 43.3 Å². The van der Waals surface area contributed by atoms with E-state index in [1.165, 1.54) is 0 Å². The minimum absolute atomic E-state index is 0. The molecule has 2 aromatic heterocycles. The highest BCUT2D eigenvalue weighted by atomic mass is 35.5. The van der Waals surface area contributed by atoms with Crippen LogP contribution in [-0.4, -0.2) is 27.7 Å². The first-order valence-corrected chi connectivity index (χ1v) is 5.55. The van der Waals surface area contributed by atoms with E-state index in [1.807, 2.05) is 6.92 Å². The molecule has 0 aliphatic carbocycles. The average Bonchev–Trinajstić information content (AvgIpc) is 2.71. The first kappa shape index (κ1) is 15.0. The molecule has 2 aromatic rings. The zero-order valence-corrected chi connectivity index (χ0v) is 11.8. The van der Waals surface area contributed by atoms with Crippen molar-refractivity contribution in [1.82, 2.24) is 14.8 Å². The van der Waals surface area contributed by atoms with Crippen LogP contribution in [0.3, 0.4) is 0 Å². The van der Waals surface area contributed by atoms with Crippen molar-refractivity contribution in [3.63, 3.8) is 0 Å². The van der Waals surface area contributed by atoms with Gasteiger partial charge >= 0.3 is 0 Å². The third kappa shape index (κ3) is 3.23. The van der Waals surface area contributed by atoms with Gasteiger partial charge in [-0.05, 0) is 19.1 Å². The Kier molecular flexibility index (Phi) is 4.88. The number of aryl methyl sites for hydroxylation is 1. The molecule has 102 valence electrons. The number of halogens is 1. The molecule has 0 radical (unpaired) electrons. The van der Waals surface area contributed by atoms with Crippen LogP contribution in [0.15, 0.2) is 24.5 Å². The maximum atomic E-state index is 12.0. The summed E-state index contributed by atoms with van der Waals surface area (Å²) in [6.07, 6.45) is 3.16. The van der Waals surface area contributed by atoms with E-state index in [9.17, 15) is 4.79 Å². The maximum Gasteiger partial charge on any atom is 0.259 e. The third-order valence-corrected chi connectivity index (χ3v) is 2.76. The molecule has 6 nitrogen and oxygen atoms in total. The summed E-state index contributed by atoms with van der Waals surface area (Å²) in [6, 6.07) is 3.59. The number of carbonyl (C=O) groups excluding carboxylic acids is 1. The van der Waals surface area contributed by atoms with Gasteiger partial charge in [-0.25, -0.2) is 4.98 Å². The molecule has 19 heavy (non-hydrogen) atoms. The van der Waals surface area contributed by atoms with E-state index in [0.29, 0.717) is 11.3 Å². The van der Waals surface area contributed by atoms with E-state index >= 15 is 0 Å². The standard InChI is InChI=1S/C12H15N5O.ClH/c1-8-10(7-15-17(8)3)12(18)16-9-4-5-11(13-2)14-6-9;/h4-7H,1-3H3,(H,13,14)(H,16,18);1H. The quantitative estimate of drug-likeness (QED) is 0.900. The highest BCUT2D eigenvalue weighted by Gasteiger charge is 2.12. The normalized spacial score (nSPS) is 9.63. The number of hydrogen-bond acceptors (Lipinski definition) is 4. The first-order chi connectivity index (χ1) is 8.61. The minimum Gasteiger partial charge on any atom is -0.373 e. The van der Waals surface area contributed by atoms with Crippen LogP contribution in [0.1, 0.15) is 16.1 Å². The smallest absolute Gasteiger partial charge is 0.259 e. The van der Waals surface area contributed by atoms with Crippen LogP contribution >= 0.6 is 12.4 Å². The molecule has 0 aromatic carbocycles. The zero-order chi connectivity index (χ0) is 13.1. The van der Waals surface area contributed by atoms with Crippen LogP contribution in [0, 0.1) is 6.92 Å². The summed E-state index contributed by atoms with van der Waals surface area (Å²) in [5.74, 6) is 0.574. The molecular formula is C12H16ClN5O. The molecule has 0 unspecified atom stereocenters. The molecule has 0 atom stereocenters. The molecule has 0 aliphatic heterocycles. The summed E-state index contributed by atoms with van der Waals surface area (Å²) in [5, 5.41) is 9.73. The number of hydrogen-bond donors (Lipinski definition) is 2. The Labute approximate surface area is 117 Å². The van der Waals surface area contributed by atoms with E-state index in [0.717, 1.165) is 11.5 Å². The molecule has 2 rings (SSSR count). The number of anilines is 2. The van der Waals surface area contributed by atoms with Gasteiger partial charge in [0.05, 0.1) is 23.6 Å². The molecule has 0 aliphatic rings.